The van der Waals surface area contributed by atoms with Crippen LogP contribution in [0.3, 0.4) is 0 Å². The maximum Gasteiger partial charge on any atom is 0.103 e. The topological polar surface area (TPSA) is 44.0 Å². The molecule has 4 nitrogen and oxygen atoms in total. The molecule has 1 aromatic rings. The van der Waals surface area contributed by atoms with Crippen LogP contribution in [-0.2, 0) is 6.54 Å². The summed E-state index contributed by atoms with van der Waals surface area (Å²) in [5.74, 6) is 1.00. The Morgan fingerprint density at radius 1 is 1.50 bits per heavy atom. The molecule has 0 radical (unpaired) electrons. The molecule has 88 valence electrons. The van der Waals surface area contributed by atoms with Crippen LogP contribution in [-0.4, -0.2) is 40.0 Å². The third-order valence-electron chi connectivity index (χ3n) is 3.62. The highest BCUT2D eigenvalue weighted by molar-refractivity contribution is 5.00. The molecule has 2 N–H and O–H groups in total. The van der Waals surface area contributed by atoms with E-state index in [0.29, 0.717) is 6.04 Å². The second-order valence-corrected chi connectivity index (χ2v) is 5.09. The van der Waals surface area contributed by atoms with Crippen molar-refractivity contribution in [2.45, 2.75) is 44.8 Å². The highest BCUT2D eigenvalue weighted by Crippen LogP contribution is 2.29. The molecule has 1 aromatic heterocycles. The molecule has 3 rings (SSSR count). The van der Waals surface area contributed by atoms with Crippen LogP contribution in [0.15, 0.2) is 6.20 Å². The number of hydrogen-bond donors (Lipinski definition) is 2. The summed E-state index contributed by atoms with van der Waals surface area (Å²) < 4.78 is 0. The minimum Gasteiger partial charge on any atom is -0.345 e. The fourth-order valence-electron chi connectivity index (χ4n) is 2.54. The Bertz CT molecular complexity index is 356. The Labute approximate surface area is 96.4 Å². The lowest BCUT2D eigenvalue weighted by Crippen LogP contribution is -2.32. The number of rotatable bonds is 4. The molecule has 1 atom stereocenters. The molecule has 1 aliphatic heterocycles. The van der Waals surface area contributed by atoms with E-state index < -0.39 is 0 Å². The maximum atomic E-state index is 4.21. The van der Waals surface area contributed by atoms with Crippen LogP contribution in [0.5, 0.6) is 0 Å². The maximum absolute atomic E-state index is 4.21. The second-order valence-electron chi connectivity index (χ2n) is 5.09. The van der Waals surface area contributed by atoms with Gasteiger partial charge in [-0.05, 0) is 26.2 Å². The second kappa shape index (κ2) is 4.18. The quantitative estimate of drug-likeness (QED) is 0.797. The lowest BCUT2D eigenvalue weighted by atomic mass is 10.2. The number of nitrogens with one attached hydrogen (secondary N) is 2. The SMILES string of the molecule is Cc1ncc(CNC2CCN(C3CC3)C2)[nH]1. The fourth-order valence-corrected chi connectivity index (χ4v) is 2.54. The Balaban J connectivity index is 1.45. The highest BCUT2D eigenvalue weighted by atomic mass is 15.2. The summed E-state index contributed by atoms with van der Waals surface area (Å²) in [6.07, 6.45) is 6.07. The van der Waals surface area contributed by atoms with E-state index in [0.717, 1.165) is 18.4 Å². The molecule has 2 heterocycles. The smallest absolute Gasteiger partial charge is 0.103 e. The molecule has 16 heavy (non-hydrogen) atoms. The van der Waals surface area contributed by atoms with Crippen molar-refractivity contribution in [2.75, 3.05) is 13.1 Å². The van der Waals surface area contributed by atoms with E-state index in [2.05, 4.69) is 20.2 Å². The Kier molecular flexibility index (Phi) is 2.69. The van der Waals surface area contributed by atoms with E-state index in [1.54, 1.807) is 0 Å². The van der Waals surface area contributed by atoms with Crippen LogP contribution >= 0.6 is 0 Å². The van der Waals surface area contributed by atoms with Gasteiger partial charge in [-0.2, -0.15) is 0 Å². The molecule has 2 aliphatic rings. The molecule has 0 aromatic carbocycles. The van der Waals surface area contributed by atoms with Gasteiger partial charge in [0, 0.05) is 43.6 Å². The van der Waals surface area contributed by atoms with Gasteiger partial charge in [-0.1, -0.05) is 0 Å². The number of imidazole rings is 1. The molecular formula is C12H20N4. The van der Waals surface area contributed by atoms with Crippen LogP contribution in [0.1, 0.15) is 30.8 Å². The molecule has 2 fully saturated rings. The van der Waals surface area contributed by atoms with Gasteiger partial charge in [0.2, 0.25) is 0 Å². The average molecular weight is 220 g/mol. The minimum atomic E-state index is 0.671. The Hall–Kier alpha value is -0.870. The molecule has 1 unspecified atom stereocenters. The van der Waals surface area contributed by atoms with E-state index >= 15 is 0 Å². The number of nitrogens with zero attached hydrogens (tertiary/aromatic N) is 2. The van der Waals surface area contributed by atoms with Crippen LogP contribution in [0, 0.1) is 6.92 Å². The third kappa shape index (κ3) is 2.28. The number of aromatic nitrogens is 2. The van der Waals surface area contributed by atoms with Crippen molar-refractivity contribution in [3.63, 3.8) is 0 Å². The van der Waals surface area contributed by atoms with Gasteiger partial charge in [-0.3, -0.25) is 4.90 Å². The highest BCUT2D eigenvalue weighted by Gasteiger charge is 2.33. The van der Waals surface area contributed by atoms with Crippen molar-refractivity contribution in [2.24, 2.45) is 0 Å². The van der Waals surface area contributed by atoms with Crippen molar-refractivity contribution in [3.8, 4) is 0 Å². The van der Waals surface area contributed by atoms with Crippen LogP contribution in [0.2, 0.25) is 0 Å². The molecule has 4 heteroatoms. The standard InChI is InChI=1S/C12H20N4/c1-9-13-6-11(15-9)7-14-10-4-5-16(8-10)12-2-3-12/h6,10,12,14H,2-5,7-8H2,1H3,(H,13,15). The first-order chi connectivity index (χ1) is 7.81. The van der Waals surface area contributed by atoms with E-state index in [1.807, 2.05) is 13.1 Å². The molecule has 0 bridgehead atoms. The minimum absolute atomic E-state index is 0.671. The van der Waals surface area contributed by atoms with E-state index in [4.69, 9.17) is 0 Å². The predicted molar refractivity (Wildman–Crippen MR) is 63.2 cm³/mol. The lowest BCUT2D eigenvalue weighted by molar-refractivity contribution is 0.317. The van der Waals surface area contributed by atoms with Gasteiger partial charge in [-0.15, -0.1) is 0 Å². The number of aromatic amines is 1. The first-order valence-electron chi connectivity index (χ1n) is 6.29. The van der Waals surface area contributed by atoms with Crippen molar-refractivity contribution in [3.05, 3.63) is 17.7 Å². The van der Waals surface area contributed by atoms with Crippen molar-refractivity contribution < 1.29 is 0 Å². The van der Waals surface area contributed by atoms with Gasteiger partial charge in [0.05, 0.1) is 0 Å². The summed E-state index contributed by atoms with van der Waals surface area (Å²) in [7, 11) is 0. The summed E-state index contributed by atoms with van der Waals surface area (Å²) in [6.45, 7) is 5.43. The third-order valence-corrected chi connectivity index (χ3v) is 3.62. The number of H-pyrrole nitrogens is 1. The van der Waals surface area contributed by atoms with Crippen molar-refractivity contribution >= 4 is 0 Å². The molecule has 1 saturated heterocycles. The van der Waals surface area contributed by atoms with E-state index in [1.165, 1.54) is 38.0 Å². The van der Waals surface area contributed by atoms with E-state index in [9.17, 15) is 0 Å². The van der Waals surface area contributed by atoms with Crippen LogP contribution in [0.4, 0.5) is 0 Å². The van der Waals surface area contributed by atoms with Gasteiger partial charge in [-0.25, -0.2) is 4.98 Å². The normalized spacial score (nSPS) is 26.4. The monoisotopic (exact) mass is 220 g/mol. The predicted octanol–water partition coefficient (Wildman–Crippen LogP) is 1.04. The zero-order valence-electron chi connectivity index (χ0n) is 9.87. The van der Waals surface area contributed by atoms with Crippen molar-refractivity contribution in [1.29, 1.82) is 0 Å². The van der Waals surface area contributed by atoms with Crippen molar-refractivity contribution in [1.82, 2.24) is 20.2 Å². The van der Waals surface area contributed by atoms with Gasteiger partial charge in [0.1, 0.15) is 5.82 Å². The summed E-state index contributed by atoms with van der Waals surface area (Å²) in [4.78, 5) is 10.1. The first kappa shape index (κ1) is 10.3. The van der Waals surface area contributed by atoms with Gasteiger partial charge in [0.25, 0.3) is 0 Å². The zero-order valence-corrected chi connectivity index (χ0v) is 9.87. The molecule has 0 spiro atoms. The van der Waals surface area contributed by atoms with Gasteiger partial charge >= 0.3 is 0 Å². The average Bonchev–Trinajstić information content (AvgIpc) is 2.87. The lowest BCUT2D eigenvalue weighted by Gasteiger charge is -2.15. The Morgan fingerprint density at radius 2 is 2.38 bits per heavy atom. The van der Waals surface area contributed by atoms with E-state index in [-0.39, 0.29) is 0 Å². The summed E-state index contributed by atoms with van der Waals surface area (Å²) >= 11 is 0. The molecule has 0 amide bonds. The summed E-state index contributed by atoms with van der Waals surface area (Å²) in [5, 5.41) is 3.61. The van der Waals surface area contributed by atoms with Gasteiger partial charge < -0.3 is 10.3 Å². The number of aryl methyl sites for hydroxylation is 1. The molecule has 1 aliphatic carbocycles. The fraction of sp³-hybridized carbons (Fsp3) is 0.750. The van der Waals surface area contributed by atoms with Crippen LogP contribution in [0.25, 0.3) is 0 Å². The Morgan fingerprint density at radius 3 is 3.06 bits per heavy atom. The summed E-state index contributed by atoms with van der Waals surface area (Å²) in [5.41, 5.74) is 1.20. The zero-order chi connectivity index (χ0) is 11.0. The largest absolute Gasteiger partial charge is 0.345 e. The molecular weight excluding hydrogens is 200 g/mol. The van der Waals surface area contributed by atoms with Crippen LogP contribution < -0.4 is 5.32 Å². The summed E-state index contributed by atoms with van der Waals surface area (Å²) in [6, 6.07) is 1.59. The number of likely N-dealkylation sites (tertiary alicyclic amines) is 1. The number of hydrogen-bond acceptors (Lipinski definition) is 3. The van der Waals surface area contributed by atoms with Gasteiger partial charge in [0.15, 0.2) is 0 Å². The molecule has 1 saturated carbocycles. The first-order valence-corrected chi connectivity index (χ1v) is 6.29.